The summed E-state index contributed by atoms with van der Waals surface area (Å²) in [5.41, 5.74) is 4.98. The second kappa shape index (κ2) is 5.64. The number of benzene rings is 1. The summed E-state index contributed by atoms with van der Waals surface area (Å²) in [5, 5.41) is -0.105. The van der Waals surface area contributed by atoms with Gasteiger partial charge in [0.15, 0.2) is 11.0 Å². The van der Waals surface area contributed by atoms with Gasteiger partial charge in [0.25, 0.3) is 0 Å². The minimum Gasteiger partial charge on any atom is -0.496 e. The molecule has 1 aromatic heterocycles. The summed E-state index contributed by atoms with van der Waals surface area (Å²) in [5.74, 6) is 0.214. The molecule has 0 N–H and O–H groups in total. The summed E-state index contributed by atoms with van der Waals surface area (Å²) >= 11 is 5.83. The normalized spacial score (nSPS) is 13.9. The second-order valence-corrected chi connectivity index (χ2v) is 5.74. The third kappa shape index (κ3) is 2.40. The van der Waals surface area contributed by atoms with E-state index < -0.39 is 5.82 Å². The van der Waals surface area contributed by atoms with Crippen molar-refractivity contribution >= 4 is 11.6 Å². The van der Waals surface area contributed by atoms with E-state index in [1.165, 1.54) is 30.2 Å². The number of methoxy groups -OCH3 is 1. The van der Waals surface area contributed by atoms with Gasteiger partial charge in [-0.3, -0.25) is 0 Å². The zero-order valence-electron chi connectivity index (χ0n) is 12.2. The monoisotopic (exact) mass is 305 g/mol. The van der Waals surface area contributed by atoms with Crippen LogP contribution >= 0.6 is 11.6 Å². The molecule has 0 fully saturated rings. The van der Waals surface area contributed by atoms with Crippen molar-refractivity contribution < 1.29 is 9.13 Å². The molecule has 3 rings (SSSR count). The van der Waals surface area contributed by atoms with Gasteiger partial charge in [-0.2, -0.15) is 0 Å². The molecule has 21 heavy (non-hydrogen) atoms. The van der Waals surface area contributed by atoms with Gasteiger partial charge in [-0.15, -0.1) is 0 Å². The molecule has 0 saturated heterocycles. The molecule has 1 heterocycles. The van der Waals surface area contributed by atoms with Gasteiger partial charge in [-0.05, 0) is 61.4 Å². The van der Waals surface area contributed by atoms with Crippen molar-refractivity contribution in [3.05, 3.63) is 46.0 Å². The number of halogens is 2. The highest BCUT2D eigenvalue weighted by Gasteiger charge is 2.22. The lowest BCUT2D eigenvalue weighted by Crippen LogP contribution is -2.08. The first-order valence-electron chi connectivity index (χ1n) is 7.13. The van der Waals surface area contributed by atoms with Gasteiger partial charge in [0.05, 0.1) is 7.11 Å². The van der Waals surface area contributed by atoms with Crippen LogP contribution in [0.4, 0.5) is 4.39 Å². The standard InChI is InChI=1S/C17H17ClFNO/c1-10-12-6-4-3-5-11(12)9-14(21-2)15(10)13-7-8-20-17(18)16(13)19/h7-9H,3-6H2,1-2H3. The number of rotatable bonds is 2. The Hall–Kier alpha value is -1.61. The van der Waals surface area contributed by atoms with Crippen molar-refractivity contribution in [3.8, 4) is 16.9 Å². The molecular formula is C17H17ClFNO. The Morgan fingerprint density at radius 3 is 2.81 bits per heavy atom. The minimum atomic E-state index is -0.490. The summed E-state index contributed by atoms with van der Waals surface area (Å²) in [6.45, 7) is 2.04. The number of nitrogens with zero attached hydrogens (tertiary/aromatic N) is 1. The van der Waals surface area contributed by atoms with Crippen LogP contribution in [0.5, 0.6) is 5.75 Å². The predicted octanol–water partition coefficient (Wildman–Crippen LogP) is 4.74. The highest BCUT2D eigenvalue weighted by molar-refractivity contribution is 6.29. The van der Waals surface area contributed by atoms with E-state index >= 15 is 0 Å². The average molecular weight is 306 g/mol. The zero-order valence-corrected chi connectivity index (χ0v) is 12.9. The van der Waals surface area contributed by atoms with E-state index in [2.05, 4.69) is 4.98 Å². The van der Waals surface area contributed by atoms with Crippen LogP contribution in [-0.2, 0) is 12.8 Å². The third-order valence-corrected chi connectivity index (χ3v) is 4.49. The van der Waals surface area contributed by atoms with E-state index in [4.69, 9.17) is 16.3 Å². The van der Waals surface area contributed by atoms with Gasteiger partial charge in [-0.1, -0.05) is 11.6 Å². The molecule has 0 saturated carbocycles. The maximum absolute atomic E-state index is 14.4. The van der Waals surface area contributed by atoms with Crippen LogP contribution in [0.2, 0.25) is 5.15 Å². The van der Waals surface area contributed by atoms with Gasteiger partial charge < -0.3 is 4.74 Å². The minimum absolute atomic E-state index is 0.105. The van der Waals surface area contributed by atoms with Gasteiger partial charge in [-0.25, -0.2) is 9.37 Å². The van der Waals surface area contributed by atoms with E-state index in [0.717, 1.165) is 24.0 Å². The number of ether oxygens (including phenoxy) is 1. The molecule has 110 valence electrons. The molecule has 0 atom stereocenters. The topological polar surface area (TPSA) is 22.1 Å². The van der Waals surface area contributed by atoms with Crippen LogP contribution in [0.3, 0.4) is 0 Å². The number of hydrogen-bond donors (Lipinski definition) is 0. The quantitative estimate of drug-likeness (QED) is 0.748. The lowest BCUT2D eigenvalue weighted by atomic mass is 9.84. The van der Waals surface area contributed by atoms with E-state index in [-0.39, 0.29) is 5.15 Å². The first-order valence-corrected chi connectivity index (χ1v) is 7.51. The summed E-state index contributed by atoms with van der Waals surface area (Å²) in [6, 6.07) is 3.70. The van der Waals surface area contributed by atoms with Gasteiger partial charge in [0.1, 0.15) is 5.75 Å². The molecule has 0 amide bonds. The van der Waals surface area contributed by atoms with Crippen LogP contribution < -0.4 is 4.74 Å². The Morgan fingerprint density at radius 2 is 2.05 bits per heavy atom. The molecule has 2 aromatic rings. The predicted molar refractivity (Wildman–Crippen MR) is 82.6 cm³/mol. The molecule has 0 spiro atoms. The smallest absolute Gasteiger partial charge is 0.168 e. The van der Waals surface area contributed by atoms with Crippen LogP contribution in [0.25, 0.3) is 11.1 Å². The SMILES string of the molecule is COc1cc2c(c(C)c1-c1ccnc(Cl)c1F)CCCC2. The van der Waals surface area contributed by atoms with Crippen LogP contribution in [0.15, 0.2) is 18.3 Å². The first-order chi connectivity index (χ1) is 10.1. The Kier molecular flexibility index (Phi) is 3.85. The lowest BCUT2D eigenvalue weighted by Gasteiger charge is -2.23. The number of fused-ring (bicyclic) bond motifs is 1. The fourth-order valence-corrected chi connectivity index (χ4v) is 3.35. The molecule has 4 heteroatoms. The second-order valence-electron chi connectivity index (χ2n) is 5.39. The molecule has 2 nitrogen and oxygen atoms in total. The molecule has 1 aliphatic carbocycles. The van der Waals surface area contributed by atoms with Gasteiger partial charge in [0, 0.05) is 17.3 Å². The number of pyridine rings is 1. The number of hydrogen-bond acceptors (Lipinski definition) is 2. The van der Waals surface area contributed by atoms with Crippen molar-refractivity contribution in [2.24, 2.45) is 0 Å². The first kappa shape index (κ1) is 14.3. The van der Waals surface area contributed by atoms with Crippen LogP contribution in [0.1, 0.15) is 29.5 Å². The maximum Gasteiger partial charge on any atom is 0.168 e. The zero-order chi connectivity index (χ0) is 15.0. The Morgan fingerprint density at radius 1 is 1.29 bits per heavy atom. The molecular weight excluding hydrogens is 289 g/mol. The lowest BCUT2D eigenvalue weighted by molar-refractivity contribution is 0.414. The molecule has 0 unspecified atom stereocenters. The van der Waals surface area contributed by atoms with Gasteiger partial charge in [0.2, 0.25) is 0 Å². The molecule has 0 bridgehead atoms. The van der Waals surface area contributed by atoms with Crippen molar-refractivity contribution in [3.63, 3.8) is 0 Å². The van der Waals surface area contributed by atoms with Crippen LogP contribution in [0, 0.1) is 12.7 Å². The number of aromatic nitrogens is 1. The highest BCUT2D eigenvalue weighted by atomic mass is 35.5. The summed E-state index contributed by atoms with van der Waals surface area (Å²) in [4.78, 5) is 3.79. The molecule has 0 radical (unpaired) electrons. The molecule has 1 aromatic carbocycles. The van der Waals surface area contributed by atoms with E-state index in [0.29, 0.717) is 11.3 Å². The molecule has 0 aliphatic heterocycles. The Labute approximate surface area is 128 Å². The average Bonchev–Trinajstić information content (AvgIpc) is 2.50. The van der Waals surface area contributed by atoms with E-state index in [1.54, 1.807) is 13.2 Å². The van der Waals surface area contributed by atoms with Crippen molar-refractivity contribution in [1.82, 2.24) is 4.98 Å². The fraction of sp³-hybridized carbons (Fsp3) is 0.353. The van der Waals surface area contributed by atoms with Crippen molar-refractivity contribution in [2.45, 2.75) is 32.6 Å². The summed E-state index contributed by atoms with van der Waals surface area (Å²) < 4.78 is 19.9. The number of aryl methyl sites for hydroxylation is 1. The van der Waals surface area contributed by atoms with E-state index in [9.17, 15) is 4.39 Å². The fourth-order valence-electron chi connectivity index (χ4n) is 3.19. The van der Waals surface area contributed by atoms with Crippen LogP contribution in [-0.4, -0.2) is 12.1 Å². The molecule has 1 aliphatic rings. The van der Waals surface area contributed by atoms with Gasteiger partial charge >= 0.3 is 0 Å². The maximum atomic E-state index is 14.4. The van der Waals surface area contributed by atoms with Crippen molar-refractivity contribution in [2.75, 3.05) is 7.11 Å². The third-order valence-electron chi connectivity index (χ3n) is 4.23. The summed E-state index contributed by atoms with van der Waals surface area (Å²) in [7, 11) is 1.62. The highest BCUT2D eigenvalue weighted by Crippen LogP contribution is 2.41. The summed E-state index contributed by atoms with van der Waals surface area (Å²) in [6.07, 6.45) is 6.01. The van der Waals surface area contributed by atoms with E-state index in [1.807, 2.05) is 13.0 Å². The Balaban J connectivity index is 2.28. The Bertz CT molecular complexity index is 700. The largest absolute Gasteiger partial charge is 0.496 e. The van der Waals surface area contributed by atoms with Crippen molar-refractivity contribution in [1.29, 1.82) is 0 Å².